The van der Waals surface area contributed by atoms with Crippen LogP contribution in [0.2, 0.25) is 25.2 Å². The van der Waals surface area contributed by atoms with Crippen LogP contribution in [-0.4, -0.2) is 18.2 Å². The third kappa shape index (κ3) is 2.96. The zero-order chi connectivity index (χ0) is 7.65. The van der Waals surface area contributed by atoms with Gasteiger partial charge in [0.2, 0.25) is 0 Å². The second-order valence-electron chi connectivity index (χ2n) is 3.43. The molecule has 0 saturated carbocycles. The molecule has 1 N–H and O–H groups in total. The van der Waals surface area contributed by atoms with E-state index < -0.39 is 8.07 Å². The standard InChI is InChI=1S/C6H14OSSi/c1-5(6(7)8)9(2,3)4/h5H,1-4H3,(H,7,8). The molecule has 0 amide bonds. The van der Waals surface area contributed by atoms with Crippen LogP contribution in [-0.2, 0) is 0 Å². The third-order valence-electron chi connectivity index (χ3n) is 1.67. The Balaban J connectivity index is 4.04. The highest BCUT2D eigenvalue weighted by molar-refractivity contribution is 7.80. The van der Waals surface area contributed by atoms with Gasteiger partial charge in [0.1, 0.15) is 0 Å². The highest BCUT2D eigenvalue weighted by Gasteiger charge is 2.25. The smallest absolute Gasteiger partial charge is 0.156 e. The van der Waals surface area contributed by atoms with Crippen molar-refractivity contribution < 1.29 is 5.11 Å². The minimum absolute atomic E-state index is 0.175. The SMILES string of the molecule is CC(C(O)=S)[Si](C)(C)C. The first-order valence-electron chi connectivity index (χ1n) is 3.08. The van der Waals surface area contributed by atoms with Gasteiger partial charge in [-0.2, -0.15) is 0 Å². The molecule has 54 valence electrons. The van der Waals surface area contributed by atoms with Gasteiger partial charge in [0.05, 0.1) is 8.07 Å². The monoisotopic (exact) mass is 162 g/mol. The molecule has 3 heteroatoms. The molecule has 9 heavy (non-hydrogen) atoms. The summed E-state index contributed by atoms with van der Waals surface area (Å²) in [6.07, 6.45) is 0. The fourth-order valence-electron chi connectivity index (χ4n) is 0.370. The lowest BCUT2D eigenvalue weighted by Gasteiger charge is -2.22. The van der Waals surface area contributed by atoms with Gasteiger partial charge in [-0.25, -0.2) is 0 Å². The molecule has 0 bridgehead atoms. The Morgan fingerprint density at radius 3 is 1.78 bits per heavy atom. The van der Waals surface area contributed by atoms with E-state index in [4.69, 9.17) is 5.11 Å². The first-order valence-corrected chi connectivity index (χ1v) is 7.07. The van der Waals surface area contributed by atoms with Crippen molar-refractivity contribution in [3.05, 3.63) is 0 Å². The van der Waals surface area contributed by atoms with Crippen molar-refractivity contribution in [3.8, 4) is 0 Å². The van der Waals surface area contributed by atoms with Crippen LogP contribution in [0.1, 0.15) is 6.92 Å². The van der Waals surface area contributed by atoms with Gasteiger partial charge in [-0.05, 0) is 12.2 Å². The molecule has 0 rings (SSSR count). The average molecular weight is 162 g/mol. The first-order chi connectivity index (χ1) is 3.85. The normalized spacial score (nSPS) is 15.1. The highest BCUT2D eigenvalue weighted by Crippen LogP contribution is 2.21. The molecular weight excluding hydrogens is 148 g/mol. The maximum Gasteiger partial charge on any atom is 0.156 e. The summed E-state index contributed by atoms with van der Waals surface area (Å²) in [6, 6.07) is 0. The first kappa shape index (κ1) is 9.11. The molecule has 1 nitrogen and oxygen atoms in total. The van der Waals surface area contributed by atoms with E-state index in [0.29, 0.717) is 0 Å². The topological polar surface area (TPSA) is 20.2 Å². The van der Waals surface area contributed by atoms with Crippen molar-refractivity contribution in [2.75, 3.05) is 0 Å². The van der Waals surface area contributed by atoms with E-state index in [0.717, 1.165) is 0 Å². The van der Waals surface area contributed by atoms with Crippen molar-refractivity contribution in [1.29, 1.82) is 0 Å². The van der Waals surface area contributed by atoms with Crippen LogP contribution in [0.25, 0.3) is 0 Å². The van der Waals surface area contributed by atoms with Crippen molar-refractivity contribution in [2.45, 2.75) is 32.1 Å². The van der Waals surface area contributed by atoms with Crippen LogP contribution >= 0.6 is 12.2 Å². The maximum atomic E-state index is 8.92. The molecule has 0 saturated heterocycles. The van der Waals surface area contributed by atoms with E-state index in [2.05, 4.69) is 31.9 Å². The third-order valence-corrected chi connectivity index (χ3v) is 5.10. The zero-order valence-electron chi connectivity index (χ0n) is 6.43. The molecule has 0 aliphatic heterocycles. The van der Waals surface area contributed by atoms with Gasteiger partial charge >= 0.3 is 0 Å². The summed E-state index contributed by atoms with van der Waals surface area (Å²) in [7, 11) is -1.21. The van der Waals surface area contributed by atoms with Crippen LogP contribution in [0.5, 0.6) is 0 Å². The van der Waals surface area contributed by atoms with Gasteiger partial charge in [0.25, 0.3) is 0 Å². The van der Waals surface area contributed by atoms with E-state index >= 15 is 0 Å². The van der Waals surface area contributed by atoms with Crippen LogP contribution in [0.3, 0.4) is 0 Å². The Hall–Kier alpha value is 0.107. The Morgan fingerprint density at radius 1 is 1.44 bits per heavy atom. The largest absolute Gasteiger partial charge is 0.502 e. The number of aliphatic hydroxyl groups is 1. The molecule has 0 spiro atoms. The summed E-state index contributed by atoms with van der Waals surface area (Å²) in [4.78, 5) is 0. The van der Waals surface area contributed by atoms with Crippen LogP contribution in [0.15, 0.2) is 0 Å². The molecule has 0 heterocycles. The Kier molecular flexibility index (Phi) is 2.83. The van der Waals surface area contributed by atoms with Gasteiger partial charge < -0.3 is 5.11 Å². The minimum atomic E-state index is -1.21. The van der Waals surface area contributed by atoms with Crippen LogP contribution in [0, 0.1) is 0 Å². The van der Waals surface area contributed by atoms with E-state index in [9.17, 15) is 0 Å². The fourth-order valence-corrected chi connectivity index (χ4v) is 2.17. The predicted molar refractivity (Wildman–Crippen MR) is 48.0 cm³/mol. The van der Waals surface area contributed by atoms with Crippen LogP contribution in [0.4, 0.5) is 0 Å². The van der Waals surface area contributed by atoms with Gasteiger partial charge in [-0.3, -0.25) is 0 Å². The Labute approximate surface area is 63.1 Å². The summed E-state index contributed by atoms with van der Waals surface area (Å²) in [5.41, 5.74) is 0.243. The molecule has 0 radical (unpaired) electrons. The fraction of sp³-hybridized carbons (Fsp3) is 0.833. The Bertz CT molecular complexity index is 117. The second-order valence-corrected chi connectivity index (χ2v) is 9.44. The number of hydrogen-bond donors (Lipinski definition) is 1. The molecule has 0 fully saturated rings. The summed E-state index contributed by atoms with van der Waals surface area (Å²) >= 11 is 4.66. The summed E-state index contributed by atoms with van der Waals surface area (Å²) in [5, 5.41) is 9.10. The predicted octanol–water partition coefficient (Wildman–Crippen LogP) is 2.60. The molecular formula is C6H14OSSi. The number of aliphatic hydroxyl groups excluding tert-OH is 1. The van der Waals surface area contributed by atoms with Crippen molar-refractivity contribution >= 4 is 25.3 Å². The van der Waals surface area contributed by atoms with E-state index in [1.54, 1.807) is 0 Å². The molecule has 0 aliphatic carbocycles. The van der Waals surface area contributed by atoms with Gasteiger partial charge in [-0.15, -0.1) is 0 Å². The lowest BCUT2D eigenvalue weighted by atomic mass is 10.5. The summed E-state index contributed by atoms with van der Waals surface area (Å²) in [6.45, 7) is 8.58. The maximum absolute atomic E-state index is 8.92. The summed E-state index contributed by atoms with van der Waals surface area (Å²) in [5.74, 6) is 0. The molecule has 0 aromatic carbocycles. The quantitative estimate of drug-likeness (QED) is 0.497. The molecule has 0 aromatic heterocycles. The van der Waals surface area contributed by atoms with Gasteiger partial charge in [0, 0.05) is 5.54 Å². The minimum Gasteiger partial charge on any atom is -0.502 e. The summed E-state index contributed by atoms with van der Waals surface area (Å²) < 4.78 is 0. The Morgan fingerprint density at radius 2 is 1.78 bits per heavy atom. The number of thiocarbonyl (C=S) groups is 1. The van der Waals surface area contributed by atoms with Gasteiger partial charge in [0.15, 0.2) is 5.05 Å². The van der Waals surface area contributed by atoms with Crippen molar-refractivity contribution in [3.63, 3.8) is 0 Å². The molecule has 1 atom stereocenters. The molecule has 0 aromatic rings. The zero-order valence-corrected chi connectivity index (χ0v) is 8.25. The van der Waals surface area contributed by atoms with E-state index in [1.807, 2.05) is 6.92 Å². The van der Waals surface area contributed by atoms with Crippen LogP contribution < -0.4 is 0 Å². The van der Waals surface area contributed by atoms with E-state index in [1.165, 1.54) is 0 Å². The average Bonchev–Trinajstić information content (AvgIpc) is 1.62. The van der Waals surface area contributed by atoms with Crippen molar-refractivity contribution in [1.82, 2.24) is 0 Å². The van der Waals surface area contributed by atoms with E-state index in [-0.39, 0.29) is 10.6 Å². The number of rotatable bonds is 2. The molecule has 0 aliphatic rings. The lowest BCUT2D eigenvalue weighted by molar-refractivity contribution is 0.551. The lowest BCUT2D eigenvalue weighted by Crippen LogP contribution is -2.30. The van der Waals surface area contributed by atoms with Gasteiger partial charge in [-0.1, -0.05) is 26.6 Å². The second kappa shape index (κ2) is 2.79. The number of hydrogen-bond acceptors (Lipinski definition) is 1. The highest BCUT2D eigenvalue weighted by atomic mass is 32.1. The molecule has 1 unspecified atom stereocenters. The van der Waals surface area contributed by atoms with Crippen molar-refractivity contribution in [2.24, 2.45) is 0 Å².